The van der Waals surface area contributed by atoms with Gasteiger partial charge in [0.2, 0.25) is 0 Å². The number of hydrogen-bond acceptors (Lipinski definition) is 2. The maximum Gasteiger partial charge on any atom is 0.124 e. The van der Waals surface area contributed by atoms with Gasteiger partial charge < -0.3 is 5.32 Å². The van der Waals surface area contributed by atoms with Crippen molar-refractivity contribution in [1.82, 2.24) is 15.1 Å². The van der Waals surface area contributed by atoms with Crippen LogP contribution < -0.4 is 5.32 Å². The monoisotopic (exact) mass is 309 g/mol. The van der Waals surface area contributed by atoms with Crippen molar-refractivity contribution in [3.8, 4) is 0 Å². The van der Waals surface area contributed by atoms with E-state index >= 15 is 0 Å². The Bertz CT molecular complexity index is 610. The predicted molar refractivity (Wildman–Crippen MR) is 84.1 cm³/mol. The standard InChI is InChI=1S/C16H21ClFN3/c1-11-9-12(2)21(20-11)8-4-7-19-13(3)15-6-5-14(18)10-16(15)17/h5-6,9-10,13,19H,4,7-8H2,1-3H3. The van der Waals surface area contributed by atoms with Crippen molar-refractivity contribution in [2.45, 2.75) is 39.8 Å². The van der Waals surface area contributed by atoms with E-state index < -0.39 is 0 Å². The quantitative estimate of drug-likeness (QED) is 0.816. The molecular weight excluding hydrogens is 289 g/mol. The first kappa shape index (κ1) is 16.0. The van der Waals surface area contributed by atoms with Gasteiger partial charge in [-0.3, -0.25) is 4.68 Å². The van der Waals surface area contributed by atoms with E-state index in [4.69, 9.17) is 11.6 Å². The van der Waals surface area contributed by atoms with Gasteiger partial charge in [0.1, 0.15) is 5.82 Å². The highest BCUT2D eigenvalue weighted by atomic mass is 35.5. The van der Waals surface area contributed by atoms with Crippen molar-refractivity contribution < 1.29 is 4.39 Å². The van der Waals surface area contributed by atoms with E-state index in [1.54, 1.807) is 6.07 Å². The minimum atomic E-state index is -0.305. The number of benzene rings is 1. The first-order chi connectivity index (χ1) is 9.97. The molecule has 1 heterocycles. The highest BCUT2D eigenvalue weighted by molar-refractivity contribution is 6.31. The molecule has 0 radical (unpaired) electrons. The van der Waals surface area contributed by atoms with Gasteiger partial charge in [0.15, 0.2) is 0 Å². The molecule has 5 heteroatoms. The van der Waals surface area contributed by atoms with Gasteiger partial charge in [0.05, 0.1) is 5.69 Å². The van der Waals surface area contributed by atoms with Crippen LogP contribution in [-0.4, -0.2) is 16.3 Å². The van der Waals surface area contributed by atoms with Gasteiger partial charge in [-0.1, -0.05) is 17.7 Å². The first-order valence-corrected chi connectivity index (χ1v) is 7.54. The second-order valence-electron chi connectivity index (χ2n) is 5.35. The largest absolute Gasteiger partial charge is 0.310 e. The molecule has 1 atom stereocenters. The van der Waals surface area contributed by atoms with Crippen LogP contribution in [0.15, 0.2) is 24.3 Å². The van der Waals surface area contributed by atoms with Crippen molar-refractivity contribution in [3.05, 3.63) is 52.1 Å². The number of aromatic nitrogens is 2. The van der Waals surface area contributed by atoms with Crippen LogP contribution in [0.5, 0.6) is 0 Å². The summed E-state index contributed by atoms with van der Waals surface area (Å²) < 4.78 is 15.1. The van der Waals surface area contributed by atoms with E-state index in [2.05, 4.69) is 23.4 Å². The van der Waals surface area contributed by atoms with Gasteiger partial charge in [-0.2, -0.15) is 5.10 Å². The number of hydrogen-bond donors (Lipinski definition) is 1. The molecule has 1 unspecified atom stereocenters. The Balaban J connectivity index is 1.81. The number of nitrogens with one attached hydrogen (secondary N) is 1. The van der Waals surface area contributed by atoms with Gasteiger partial charge in [-0.25, -0.2) is 4.39 Å². The fourth-order valence-corrected chi connectivity index (χ4v) is 2.74. The van der Waals surface area contributed by atoms with E-state index in [0.717, 1.165) is 30.8 Å². The Morgan fingerprint density at radius 1 is 1.33 bits per heavy atom. The average molecular weight is 310 g/mol. The molecule has 3 nitrogen and oxygen atoms in total. The molecule has 0 amide bonds. The lowest BCUT2D eigenvalue weighted by Crippen LogP contribution is -2.21. The normalized spacial score (nSPS) is 12.6. The van der Waals surface area contributed by atoms with Crippen molar-refractivity contribution in [3.63, 3.8) is 0 Å². The molecule has 0 fully saturated rings. The molecule has 0 aliphatic carbocycles. The van der Waals surface area contributed by atoms with Crippen molar-refractivity contribution in [1.29, 1.82) is 0 Å². The van der Waals surface area contributed by atoms with Crippen molar-refractivity contribution >= 4 is 11.6 Å². The molecule has 21 heavy (non-hydrogen) atoms. The zero-order chi connectivity index (χ0) is 15.4. The van der Waals surface area contributed by atoms with E-state index in [-0.39, 0.29) is 11.9 Å². The molecular formula is C16H21ClFN3. The third kappa shape index (κ3) is 4.29. The first-order valence-electron chi connectivity index (χ1n) is 7.17. The minimum Gasteiger partial charge on any atom is -0.310 e. The maximum atomic E-state index is 13.0. The average Bonchev–Trinajstić information content (AvgIpc) is 2.73. The highest BCUT2D eigenvalue weighted by Crippen LogP contribution is 2.23. The van der Waals surface area contributed by atoms with Gasteiger partial charge in [0, 0.05) is 23.3 Å². The van der Waals surface area contributed by atoms with E-state index in [9.17, 15) is 4.39 Å². The van der Waals surface area contributed by atoms with E-state index in [1.807, 2.05) is 18.5 Å². The number of rotatable bonds is 6. The third-order valence-electron chi connectivity index (χ3n) is 3.53. The number of aryl methyl sites for hydroxylation is 3. The van der Waals surface area contributed by atoms with Crippen LogP contribution in [0.3, 0.4) is 0 Å². The van der Waals surface area contributed by atoms with Crippen LogP contribution in [0.1, 0.15) is 36.3 Å². The summed E-state index contributed by atoms with van der Waals surface area (Å²) in [5, 5.41) is 8.31. The smallest absolute Gasteiger partial charge is 0.124 e. The lowest BCUT2D eigenvalue weighted by Gasteiger charge is -2.16. The molecule has 0 spiro atoms. The zero-order valence-corrected chi connectivity index (χ0v) is 13.4. The Labute approximate surface area is 130 Å². The van der Waals surface area contributed by atoms with E-state index in [0.29, 0.717) is 5.02 Å². The summed E-state index contributed by atoms with van der Waals surface area (Å²) in [5.74, 6) is -0.305. The number of nitrogens with zero attached hydrogens (tertiary/aromatic N) is 2. The summed E-state index contributed by atoms with van der Waals surface area (Å²) in [6, 6.07) is 6.70. The lowest BCUT2D eigenvalue weighted by molar-refractivity contribution is 0.500. The second-order valence-corrected chi connectivity index (χ2v) is 5.75. The summed E-state index contributed by atoms with van der Waals surface area (Å²) in [5.41, 5.74) is 3.15. The van der Waals surface area contributed by atoms with Gasteiger partial charge in [0.25, 0.3) is 0 Å². The third-order valence-corrected chi connectivity index (χ3v) is 3.86. The summed E-state index contributed by atoms with van der Waals surface area (Å²) in [6.07, 6.45) is 0.977. The molecule has 114 valence electrons. The molecule has 1 aromatic carbocycles. The Hall–Kier alpha value is -1.39. The summed E-state index contributed by atoms with van der Waals surface area (Å²) >= 11 is 6.06. The topological polar surface area (TPSA) is 29.9 Å². The molecule has 1 aromatic heterocycles. The second kappa shape index (κ2) is 7.05. The van der Waals surface area contributed by atoms with Crippen molar-refractivity contribution in [2.75, 3.05) is 6.54 Å². The summed E-state index contributed by atoms with van der Waals surface area (Å²) in [4.78, 5) is 0. The predicted octanol–water partition coefficient (Wildman–Crippen LogP) is 4.03. The van der Waals surface area contributed by atoms with Crippen LogP contribution >= 0.6 is 11.6 Å². The van der Waals surface area contributed by atoms with Crippen LogP contribution in [0, 0.1) is 19.7 Å². The highest BCUT2D eigenvalue weighted by Gasteiger charge is 2.09. The molecule has 1 N–H and O–H groups in total. The zero-order valence-electron chi connectivity index (χ0n) is 12.7. The van der Waals surface area contributed by atoms with Gasteiger partial charge >= 0.3 is 0 Å². The fraction of sp³-hybridized carbons (Fsp3) is 0.438. The molecule has 0 aliphatic heterocycles. The molecule has 0 aliphatic rings. The van der Waals surface area contributed by atoms with Crippen LogP contribution in [0.2, 0.25) is 5.02 Å². The Kier molecular flexibility index (Phi) is 5.37. The van der Waals surface area contributed by atoms with Crippen LogP contribution in [0.4, 0.5) is 4.39 Å². The van der Waals surface area contributed by atoms with Gasteiger partial charge in [-0.15, -0.1) is 0 Å². The maximum absolute atomic E-state index is 13.0. The SMILES string of the molecule is Cc1cc(C)n(CCCNC(C)c2ccc(F)cc2Cl)n1. The molecule has 0 bridgehead atoms. The van der Waals surface area contributed by atoms with Crippen LogP contribution in [-0.2, 0) is 6.54 Å². The fourth-order valence-electron chi connectivity index (χ4n) is 2.41. The Morgan fingerprint density at radius 2 is 2.10 bits per heavy atom. The summed E-state index contributed by atoms with van der Waals surface area (Å²) in [6.45, 7) is 7.83. The van der Waals surface area contributed by atoms with E-state index in [1.165, 1.54) is 17.8 Å². The minimum absolute atomic E-state index is 0.0959. The molecule has 2 rings (SSSR count). The molecule has 0 saturated heterocycles. The lowest BCUT2D eigenvalue weighted by atomic mass is 10.1. The number of halogens is 2. The molecule has 0 saturated carbocycles. The Morgan fingerprint density at radius 3 is 2.71 bits per heavy atom. The molecule has 2 aromatic rings. The van der Waals surface area contributed by atoms with Crippen molar-refractivity contribution in [2.24, 2.45) is 0 Å². The van der Waals surface area contributed by atoms with Crippen LogP contribution in [0.25, 0.3) is 0 Å². The summed E-state index contributed by atoms with van der Waals surface area (Å²) in [7, 11) is 0. The van der Waals surface area contributed by atoms with Gasteiger partial charge in [-0.05, 0) is 57.5 Å².